The van der Waals surface area contributed by atoms with E-state index in [1.165, 1.54) is 0 Å². The summed E-state index contributed by atoms with van der Waals surface area (Å²) in [6.45, 7) is 0.377. The van der Waals surface area contributed by atoms with Crippen molar-refractivity contribution < 1.29 is 27.9 Å². The molecule has 2 aromatic rings. The number of rotatable bonds is 8. The maximum atomic E-state index is 15.1. The molecule has 11 heteroatoms. The Morgan fingerprint density at radius 3 is 2.62 bits per heavy atom. The highest BCUT2D eigenvalue weighted by molar-refractivity contribution is 6.30. The number of aliphatic hydroxyl groups is 1. The number of fused-ring (bicyclic) bond motifs is 2. The predicted octanol–water partition coefficient (Wildman–Crippen LogP) is 3.99. The Bertz CT molecular complexity index is 1170. The maximum Gasteiger partial charge on any atom is 0.223 e. The van der Waals surface area contributed by atoms with Crippen molar-refractivity contribution in [2.75, 3.05) is 0 Å². The van der Waals surface area contributed by atoms with Crippen LogP contribution >= 0.6 is 11.6 Å². The van der Waals surface area contributed by atoms with Crippen LogP contribution in [0.3, 0.4) is 0 Å². The quantitative estimate of drug-likeness (QED) is 0.443. The monoisotopic (exact) mass is 538 g/mol. The largest absolute Gasteiger partial charge is 0.391 e. The molecule has 1 aromatic carbocycles. The van der Waals surface area contributed by atoms with Crippen molar-refractivity contribution in [2.24, 2.45) is 11.3 Å². The van der Waals surface area contributed by atoms with Crippen LogP contribution in [0.15, 0.2) is 30.6 Å². The van der Waals surface area contributed by atoms with Crippen molar-refractivity contribution in [3.63, 3.8) is 0 Å². The van der Waals surface area contributed by atoms with E-state index in [0.717, 1.165) is 12.1 Å². The summed E-state index contributed by atoms with van der Waals surface area (Å²) in [6.07, 6.45) is 4.26. The van der Waals surface area contributed by atoms with E-state index in [9.17, 15) is 19.1 Å². The van der Waals surface area contributed by atoms with Gasteiger partial charge in [-0.2, -0.15) is 5.10 Å². The molecule has 3 N–H and O–H groups in total. The van der Waals surface area contributed by atoms with Gasteiger partial charge in [-0.3, -0.25) is 14.3 Å². The smallest absolute Gasteiger partial charge is 0.223 e. The van der Waals surface area contributed by atoms with Crippen molar-refractivity contribution in [3.05, 3.63) is 52.8 Å². The molecule has 4 atom stereocenters. The summed E-state index contributed by atoms with van der Waals surface area (Å²) in [7, 11) is 0. The molecule has 0 unspecified atom stereocenters. The second-order valence-corrected chi connectivity index (χ2v) is 11.2. The highest BCUT2D eigenvalue weighted by Crippen LogP contribution is 2.63. The fraction of sp³-hybridized carbons (Fsp3) is 0.577. The van der Waals surface area contributed by atoms with Crippen LogP contribution in [0.4, 0.5) is 13.2 Å². The number of nitrogens with zero attached hydrogens (tertiary/aromatic N) is 2. The molecule has 2 bridgehead atoms. The van der Waals surface area contributed by atoms with E-state index < -0.39 is 52.7 Å². The first kappa shape index (κ1) is 26.0. The van der Waals surface area contributed by atoms with E-state index >= 15 is 8.78 Å². The van der Waals surface area contributed by atoms with E-state index in [2.05, 4.69) is 15.7 Å². The lowest BCUT2D eigenvalue weighted by molar-refractivity contribution is -0.127. The van der Waals surface area contributed by atoms with Crippen LogP contribution in [0.1, 0.15) is 63.0 Å². The number of benzene rings is 1. The van der Waals surface area contributed by atoms with Crippen LogP contribution in [0, 0.1) is 23.0 Å². The molecule has 1 aromatic heterocycles. The zero-order chi connectivity index (χ0) is 26.4. The maximum absolute atomic E-state index is 15.1. The van der Waals surface area contributed by atoms with Gasteiger partial charge in [-0.1, -0.05) is 11.6 Å². The van der Waals surface area contributed by atoms with Crippen LogP contribution < -0.4 is 10.6 Å². The zero-order valence-electron chi connectivity index (χ0n) is 20.2. The van der Waals surface area contributed by atoms with Gasteiger partial charge in [-0.25, -0.2) is 13.2 Å². The number of halogens is 4. The van der Waals surface area contributed by atoms with Gasteiger partial charge >= 0.3 is 0 Å². The molecule has 37 heavy (non-hydrogen) atoms. The van der Waals surface area contributed by atoms with Crippen molar-refractivity contribution in [3.8, 4) is 0 Å². The molecule has 0 aliphatic heterocycles. The van der Waals surface area contributed by atoms with E-state index in [1.807, 2.05) is 0 Å². The number of carbonyl (C=O) groups excluding carboxylic acids is 2. The fourth-order valence-corrected chi connectivity index (χ4v) is 6.65. The van der Waals surface area contributed by atoms with Crippen molar-refractivity contribution in [1.82, 2.24) is 20.4 Å². The van der Waals surface area contributed by atoms with Crippen LogP contribution in [-0.4, -0.2) is 44.5 Å². The summed E-state index contributed by atoms with van der Waals surface area (Å²) < 4.78 is 46.8. The van der Waals surface area contributed by atoms with Crippen LogP contribution in [0.25, 0.3) is 0 Å². The Morgan fingerprint density at radius 2 is 1.97 bits per heavy atom. The van der Waals surface area contributed by atoms with E-state index in [0.29, 0.717) is 19.4 Å². The van der Waals surface area contributed by atoms with Crippen molar-refractivity contribution in [2.45, 2.75) is 81.8 Å². The Kier molecular flexibility index (Phi) is 7.00. The Morgan fingerprint density at radius 1 is 1.22 bits per heavy atom. The number of carbonyl (C=O) groups is 2. The number of aromatic nitrogens is 2. The summed E-state index contributed by atoms with van der Waals surface area (Å²) >= 11 is 5.96. The highest BCUT2D eigenvalue weighted by Gasteiger charge is 2.59. The van der Waals surface area contributed by atoms with E-state index in [1.54, 1.807) is 23.1 Å². The topological polar surface area (TPSA) is 96.2 Å². The first-order chi connectivity index (χ1) is 17.6. The lowest BCUT2D eigenvalue weighted by Gasteiger charge is -2.37. The van der Waals surface area contributed by atoms with Gasteiger partial charge in [-0.05, 0) is 68.6 Å². The van der Waals surface area contributed by atoms with E-state index in [4.69, 9.17) is 11.6 Å². The van der Waals surface area contributed by atoms with Crippen LogP contribution in [0.5, 0.6) is 0 Å². The number of aryl methyl sites for hydroxylation is 1. The SMILES string of the molecule is O=C(CCn1cccn1)N[C@H]1C[C@H](C(=O)N[C@H](c2c(F)ccc(Cl)c2F)C23CCC(F)(CC2)C3)C[C@H]1O. The van der Waals surface area contributed by atoms with Gasteiger partial charge in [0.15, 0.2) is 0 Å². The fourth-order valence-electron chi connectivity index (χ4n) is 6.48. The molecular weight excluding hydrogens is 509 g/mol. The summed E-state index contributed by atoms with van der Waals surface area (Å²) in [5.41, 5.74) is -2.58. The molecule has 0 saturated heterocycles. The number of hydrogen-bond donors (Lipinski definition) is 3. The van der Waals surface area contributed by atoms with Gasteiger partial charge < -0.3 is 15.7 Å². The van der Waals surface area contributed by atoms with Gasteiger partial charge in [0.25, 0.3) is 0 Å². The Balaban J connectivity index is 1.30. The molecule has 3 aliphatic carbocycles. The van der Waals surface area contributed by atoms with Gasteiger partial charge in [0.2, 0.25) is 11.8 Å². The Labute approximate surface area is 217 Å². The number of amides is 2. The molecule has 3 saturated carbocycles. The van der Waals surface area contributed by atoms with E-state index in [-0.39, 0.29) is 55.0 Å². The molecule has 3 fully saturated rings. The van der Waals surface area contributed by atoms with Gasteiger partial charge in [-0.15, -0.1) is 0 Å². The molecule has 1 heterocycles. The Hall–Kier alpha value is -2.59. The molecule has 3 aliphatic rings. The summed E-state index contributed by atoms with van der Waals surface area (Å²) in [5.74, 6) is -3.27. The first-order valence-electron chi connectivity index (χ1n) is 12.7. The van der Waals surface area contributed by atoms with Gasteiger partial charge in [0, 0.05) is 36.8 Å². The van der Waals surface area contributed by atoms with Gasteiger partial charge in [0.1, 0.15) is 17.3 Å². The lowest BCUT2D eigenvalue weighted by Crippen LogP contribution is -2.43. The first-order valence-corrected chi connectivity index (χ1v) is 13.0. The molecule has 7 nitrogen and oxygen atoms in total. The molecule has 0 spiro atoms. The number of nitrogens with one attached hydrogen (secondary N) is 2. The number of alkyl halides is 1. The third-order valence-corrected chi connectivity index (χ3v) is 8.74. The van der Waals surface area contributed by atoms with Crippen molar-refractivity contribution in [1.29, 1.82) is 0 Å². The minimum absolute atomic E-state index is 0.0865. The second kappa shape index (κ2) is 9.94. The normalized spacial score (nSPS) is 31.4. The number of aliphatic hydroxyl groups excluding tert-OH is 1. The summed E-state index contributed by atoms with van der Waals surface area (Å²) in [4.78, 5) is 25.8. The second-order valence-electron chi connectivity index (χ2n) is 10.8. The van der Waals surface area contributed by atoms with Gasteiger partial charge in [0.05, 0.1) is 23.2 Å². The summed E-state index contributed by atoms with van der Waals surface area (Å²) in [5, 5.41) is 19.9. The van der Waals surface area contributed by atoms with Crippen LogP contribution in [-0.2, 0) is 16.1 Å². The average molecular weight is 539 g/mol. The average Bonchev–Trinajstić information content (AvgIpc) is 3.64. The third kappa shape index (κ3) is 5.10. The molecular formula is C26H30ClF3N4O3. The van der Waals surface area contributed by atoms with Crippen molar-refractivity contribution >= 4 is 23.4 Å². The standard InChI is InChI=1S/C26H30ClF3N4O3/c27-16-2-3-17(28)21(22(16)29)23(25-5-7-26(30,14-25)8-6-25)33-24(37)15-12-18(19(35)13-15)32-20(36)4-11-34-10-1-9-31-34/h1-3,9-10,15,18-19,23,35H,4-8,11-14H2,(H,32,36)(H,33,37)/t15-,18-,19+,23+,25?,26?/m0/s1. The van der Waals surface area contributed by atoms with Crippen LogP contribution in [0.2, 0.25) is 5.02 Å². The lowest BCUT2D eigenvalue weighted by atomic mass is 9.74. The minimum atomic E-state index is -1.40. The molecule has 2 amide bonds. The summed E-state index contributed by atoms with van der Waals surface area (Å²) in [6, 6.07) is 2.19. The minimum Gasteiger partial charge on any atom is -0.391 e. The molecule has 200 valence electrons. The molecule has 5 rings (SSSR count). The molecule has 0 radical (unpaired) electrons. The predicted molar refractivity (Wildman–Crippen MR) is 129 cm³/mol. The number of hydrogen-bond acceptors (Lipinski definition) is 4. The third-order valence-electron chi connectivity index (χ3n) is 8.45. The highest BCUT2D eigenvalue weighted by atomic mass is 35.5. The zero-order valence-corrected chi connectivity index (χ0v) is 21.0.